The van der Waals surface area contributed by atoms with E-state index in [1.807, 2.05) is 0 Å². The molecule has 2 fully saturated rings. The van der Waals surface area contributed by atoms with Crippen molar-refractivity contribution in [3.05, 3.63) is 0 Å². The van der Waals surface area contributed by atoms with Crippen molar-refractivity contribution in [2.45, 2.75) is 51.0 Å². The van der Waals surface area contributed by atoms with E-state index in [1.165, 1.54) is 6.42 Å². The van der Waals surface area contributed by atoms with Crippen molar-refractivity contribution in [3.8, 4) is 0 Å². The molecule has 19 heavy (non-hydrogen) atoms. The van der Waals surface area contributed by atoms with Crippen molar-refractivity contribution >= 4 is 11.9 Å². The molecule has 0 aliphatic heterocycles. The molecule has 0 spiro atoms. The summed E-state index contributed by atoms with van der Waals surface area (Å²) >= 11 is 0. The van der Waals surface area contributed by atoms with Gasteiger partial charge >= 0.3 is 11.9 Å². The number of fused-ring (bicyclic) bond motifs is 1. The summed E-state index contributed by atoms with van der Waals surface area (Å²) in [5, 5.41) is 27.9. The second-order valence-corrected chi connectivity index (χ2v) is 5.95. The summed E-state index contributed by atoms with van der Waals surface area (Å²) < 4.78 is 0. The lowest BCUT2D eigenvalue weighted by Gasteiger charge is -2.44. The molecule has 0 aromatic rings. The van der Waals surface area contributed by atoms with Crippen LogP contribution in [0, 0.1) is 23.7 Å². The molecule has 0 aromatic heterocycles. The molecule has 0 aromatic carbocycles. The molecule has 5 unspecified atom stereocenters. The standard InChI is InChI=1S/C14H22O5/c15-12(14(18)19)11(13(16)17)10-7-3-5-8-4-1-2-6-9(8)10/h8-12,15H,1-7H2,(H,16,17)(H,18,19). The predicted molar refractivity (Wildman–Crippen MR) is 67.6 cm³/mol. The summed E-state index contributed by atoms with van der Waals surface area (Å²) in [4.78, 5) is 22.3. The van der Waals surface area contributed by atoms with Crippen LogP contribution in [0.15, 0.2) is 0 Å². The van der Waals surface area contributed by atoms with Crippen LogP contribution in [0.3, 0.4) is 0 Å². The third-order valence-electron chi connectivity index (χ3n) is 4.97. The Morgan fingerprint density at radius 3 is 2.16 bits per heavy atom. The van der Waals surface area contributed by atoms with Gasteiger partial charge in [-0.2, -0.15) is 0 Å². The van der Waals surface area contributed by atoms with Gasteiger partial charge in [0.25, 0.3) is 0 Å². The van der Waals surface area contributed by atoms with Crippen LogP contribution in [0.1, 0.15) is 44.9 Å². The zero-order valence-electron chi connectivity index (χ0n) is 11.0. The van der Waals surface area contributed by atoms with E-state index in [9.17, 15) is 19.8 Å². The van der Waals surface area contributed by atoms with Crippen molar-refractivity contribution < 1.29 is 24.9 Å². The van der Waals surface area contributed by atoms with Gasteiger partial charge in [-0.05, 0) is 30.6 Å². The minimum absolute atomic E-state index is 0.192. The van der Waals surface area contributed by atoms with E-state index in [-0.39, 0.29) is 11.8 Å². The maximum absolute atomic E-state index is 11.4. The highest BCUT2D eigenvalue weighted by molar-refractivity contribution is 5.81. The van der Waals surface area contributed by atoms with Crippen molar-refractivity contribution in [2.75, 3.05) is 0 Å². The van der Waals surface area contributed by atoms with E-state index in [0.717, 1.165) is 38.5 Å². The third-order valence-corrected chi connectivity index (χ3v) is 4.97. The molecular formula is C14H22O5. The van der Waals surface area contributed by atoms with Gasteiger partial charge < -0.3 is 15.3 Å². The van der Waals surface area contributed by atoms with Crippen LogP contribution >= 0.6 is 0 Å². The van der Waals surface area contributed by atoms with Crippen LogP contribution in [0.25, 0.3) is 0 Å². The Morgan fingerprint density at radius 1 is 0.895 bits per heavy atom. The monoisotopic (exact) mass is 270 g/mol. The number of carboxylic acids is 2. The first-order valence-electron chi connectivity index (χ1n) is 7.16. The van der Waals surface area contributed by atoms with Crippen LogP contribution in [0.5, 0.6) is 0 Å². The average Bonchev–Trinajstić information content (AvgIpc) is 2.38. The summed E-state index contributed by atoms with van der Waals surface area (Å²) in [6, 6.07) is 0. The molecule has 0 saturated heterocycles. The molecule has 5 heteroatoms. The molecule has 2 rings (SSSR count). The Kier molecular flexibility index (Phi) is 4.45. The van der Waals surface area contributed by atoms with E-state index in [4.69, 9.17) is 5.11 Å². The zero-order chi connectivity index (χ0) is 14.0. The fourth-order valence-corrected chi connectivity index (χ4v) is 4.14. The van der Waals surface area contributed by atoms with Crippen LogP contribution in [-0.4, -0.2) is 33.4 Å². The van der Waals surface area contributed by atoms with Gasteiger partial charge in [0.2, 0.25) is 0 Å². The Labute approximate surface area is 112 Å². The summed E-state index contributed by atoms with van der Waals surface area (Å²) in [5.74, 6) is -3.16. The van der Waals surface area contributed by atoms with E-state index in [0.29, 0.717) is 5.92 Å². The van der Waals surface area contributed by atoms with E-state index < -0.39 is 24.0 Å². The molecule has 2 saturated carbocycles. The van der Waals surface area contributed by atoms with Crippen molar-refractivity contribution in [1.82, 2.24) is 0 Å². The van der Waals surface area contributed by atoms with E-state index in [1.54, 1.807) is 0 Å². The summed E-state index contributed by atoms with van der Waals surface area (Å²) in [7, 11) is 0. The van der Waals surface area contributed by atoms with Gasteiger partial charge in [0.15, 0.2) is 6.10 Å². The van der Waals surface area contributed by atoms with Crippen LogP contribution < -0.4 is 0 Å². The van der Waals surface area contributed by atoms with Gasteiger partial charge in [-0.1, -0.05) is 32.1 Å². The second-order valence-electron chi connectivity index (χ2n) is 5.95. The smallest absolute Gasteiger partial charge is 0.333 e. The first-order chi connectivity index (χ1) is 9.02. The quantitative estimate of drug-likeness (QED) is 0.723. The summed E-state index contributed by atoms with van der Waals surface area (Å²) in [6.07, 6.45) is 5.38. The maximum atomic E-state index is 11.4. The lowest BCUT2D eigenvalue weighted by atomic mass is 9.61. The Morgan fingerprint density at radius 2 is 1.53 bits per heavy atom. The minimum Gasteiger partial charge on any atom is -0.481 e. The lowest BCUT2D eigenvalue weighted by molar-refractivity contribution is -0.165. The molecule has 2 aliphatic rings. The molecule has 0 amide bonds. The number of aliphatic hydroxyl groups is 1. The molecule has 5 atom stereocenters. The largest absolute Gasteiger partial charge is 0.481 e. The lowest BCUT2D eigenvalue weighted by Crippen LogP contribution is -2.45. The maximum Gasteiger partial charge on any atom is 0.333 e. The molecule has 3 N–H and O–H groups in total. The molecule has 0 bridgehead atoms. The molecule has 0 heterocycles. The topological polar surface area (TPSA) is 94.8 Å². The van der Waals surface area contributed by atoms with E-state index in [2.05, 4.69) is 0 Å². The summed E-state index contributed by atoms with van der Waals surface area (Å²) in [6.45, 7) is 0. The van der Waals surface area contributed by atoms with Crippen LogP contribution in [-0.2, 0) is 9.59 Å². The normalized spacial score (nSPS) is 34.1. The van der Waals surface area contributed by atoms with Crippen molar-refractivity contribution in [2.24, 2.45) is 23.7 Å². The van der Waals surface area contributed by atoms with E-state index >= 15 is 0 Å². The fraction of sp³-hybridized carbons (Fsp3) is 0.857. The van der Waals surface area contributed by atoms with Crippen molar-refractivity contribution in [1.29, 1.82) is 0 Å². The van der Waals surface area contributed by atoms with Crippen molar-refractivity contribution in [3.63, 3.8) is 0 Å². The first-order valence-corrected chi connectivity index (χ1v) is 7.16. The zero-order valence-corrected chi connectivity index (χ0v) is 11.0. The minimum atomic E-state index is -1.79. The highest BCUT2D eigenvalue weighted by Crippen LogP contribution is 2.47. The first kappa shape index (κ1) is 14.3. The average molecular weight is 270 g/mol. The fourth-order valence-electron chi connectivity index (χ4n) is 4.14. The van der Waals surface area contributed by atoms with Gasteiger partial charge in [-0.3, -0.25) is 4.79 Å². The molecule has 5 nitrogen and oxygen atoms in total. The Bertz CT molecular complexity index is 352. The predicted octanol–water partition coefficient (Wildman–Crippen LogP) is 1.74. The van der Waals surface area contributed by atoms with Gasteiger partial charge in [0, 0.05) is 0 Å². The SMILES string of the molecule is O=C(O)C(O)C(C(=O)O)C1CCCC2CCCCC21. The van der Waals surface area contributed by atoms with Crippen LogP contribution in [0.2, 0.25) is 0 Å². The number of aliphatic carboxylic acids is 2. The number of carbonyl (C=O) groups is 2. The number of hydrogen-bond acceptors (Lipinski definition) is 3. The molecule has 108 valence electrons. The number of hydrogen-bond donors (Lipinski definition) is 3. The third kappa shape index (κ3) is 2.91. The molecule has 0 radical (unpaired) electrons. The second kappa shape index (κ2) is 5.90. The Balaban J connectivity index is 2.19. The number of carboxylic acid groups (broad SMARTS) is 2. The highest BCUT2D eigenvalue weighted by atomic mass is 16.4. The van der Waals surface area contributed by atoms with Gasteiger partial charge in [0.1, 0.15) is 0 Å². The van der Waals surface area contributed by atoms with Gasteiger partial charge in [0.05, 0.1) is 5.92 Å². The number of rotatable bonds is 4. The Hall–Kier alpha value is -1.10. The highest BCUT2D eigenvalue weighted by Gasteiger charge is 2.46. The summed E-state index contributed by atoms with van der Waals surface area (Å²) in [5.41, 5.74) is 0. The van der Waals surface area contributed by atoms with Crippen LogP contribution in [0.4, 0.5) is 0 Å². The number of aliphatic hydroxyl groups excluding tert-OH is 1. The molecular weight excluding hydrogens is 248 g/mol. The van der Waals surface area contributed by atoms with Gasteiger partial charge in [-0.25, -0.2) is 4.79 Å². The molecule has 2 aliphatic carbocycles. The van der Waals surface area contributed by atoms with Gasteiger partial charge in [-0.15, -0.1) is 0 Å².